The van der Waals surface area contributed by atoms with Crippen LogP contribution in [0.3, 0.4) is 0 Å². The highest BCUT2D eigenvalue weighted by atomic mass is 35.5. The molecule has 0 aliphatic rings. The van der Waals surface area contributed by atoms with E-state index >= 15 is 0 Å². The molecule has 0 aliphatic heterocycles. The van der Waals surface area contributed by atoms with Crippen molar-refractivity contribution >= 4 is 23.0 Å². The van der Waals surface area contributed by atoms with Gasteiger partial charge in [-0.15, -0.1) is 0 Å². The maximum atomic E-state index is 10.4. The van der Waals surface area contributed by atoms with Gasteiger partial charge >= 0.3 is 5.69 Å². The summed E-state index contributed by atoms with van der Waals surface area (Å²) in [6.45, 7) is 1.69. The van der Waals surface area contributed by atoms with Crippen molar-refractivity contribution in [3.05, 3.63) is 32.8 Å². The Hall–Kier alpha value is -1.29. The van der Waals surface area contributed by atoms with Gasteiger partial charge in [0.1, 0.15) is 10.7 Å². The monoisotopic (exact) mass is 186 g/mol. The third kappa shape index (κ3) is 1.33. The minimum atomic E-state index is -0.579. The van der Waals surface area contributed by atoms with E-state index in [2.05, 4.69) is 0 Å². The van der Waals surface area contributed by atoms with Gasteiger partial charge in [0, 0.05) is 0 Å². The van der Waals surface area contributed by atoms with Crippen molar-refractivity contribution < 1.29 is 4.92 Å². The van der Waals surface area contributed by atoms with Crippen LogP contribution in [0.5, 0.6) is 0 Å². The van der Waals surface area contributed by atoms with Gasteiger partial charge < -0.3 is 5.73 Å². The summed E-state index contributed by atoms with van der Waals surface area (Å²) in [5.41, 5.74) is 6.04. The first-order valence-corrected chi connectivity index (χ1v) is 3.61. The molecular formula is C7H7ClN2O2. The molecule has 0 radical (unpaired) electrons. The fourth-order valence-electron chi connectivity index (χ4n) is 0.868. The fourth-order valence-corrected chi connectivity index (χ4v) is 1.10. The number of hydrogen-bond donors (Lipinski definition) is 1. The molecular weight excluding hydrogens is 180 g/mol. The summed E-state index contributed by atoms with van der Waals surface area (Å²) in [5, 5.41) is 10.5. The van der Waals surface area contributed by atoms with Crippen molar-refractivity contribution in [2.24, 2.45) is 0 Å². The Labute approximate surface area is 74.1 Å². The Morgan fingerprint density at radius 1 is 1.58 bits per heavy atom. The van der Waals surface area contributed by atoms with Crippen molar-refractivity contribution in [3.8, 4) is 0 Å². The van der Waals surface area contributed by atoms with Crippen molar-refractivity contribution in [1.82, 2.24) is 0 Å². The zero-order chi connectivity index (χ0) is 9.30. The lowest BCUT2D eigenvalue weighted by Crippen LogP contribution is -1.98. The van der Waals surface area contributed by atoms with Crippen LogP contribution in [0.15, 0.2) is 12.1 Å². The lowest BCUT2D eigenvalue weighted by molar-refractivity contribution is -0.383. The van der Waals surface area contributed by atoms with Crippen LogP contribution in [0.2, 0.25) is 5.02 Å². The van der Waals surface area contributed by atoms with Gasteiger partial charge in [-0.2, -0.15) is 0 Å². The average molecular weight is 187 g/mol. The number of benzene rings is 1. The first kappa shape index (κ1) is 8.80. The van der Waals surface area contributed by atoms with E-state index in [-0.39, 0.29) is 16.4 Å². The van der Waals surface area contributed by atoms with Gasteiger partial charge in [0.05, 0.1) is 4.92 Å². The van der Waals surface area contributed by atoms with E-state index in [1.54, 1.807) is 13.0 Å². The molecule has 1 aromatic carbocycles. The number of aryl methyl sites for hydroxylation is 1. The van der Waals surface area contributed by atoms with Crippen LogP contribution in [-0.4, -0.2) is 4.92 Å². The van der Waals surface area contributed by atoms with E-state index in [1.807, 2.05) is 0 Å². The SMILES string of the molecule is Cc1ccc(Cl)c([N+](=O)[O-])c1N. The molecule has 0 aromatic heterocycles. The third-order valence-electron chi connectivity index (χ3n) is 1.57. The van der Waals surface area contributed by atoms with Crippen LogP contribution >= 0.6 is 11.6 Å². The zero-order valence-corrected chi connectivity index (χ0v) is 7.13. The van der Waals surface area contributed by atoms with Gasteiger partial charge in [0.15, 0.2) is 0 Å². The zero-order valence-electron chi connectivity index (χ0n) is 6.37. The molecule has 1 aromatic rings. The number of nitrogens with two attached hydrogens (primary N) is 1. The molecule has 0 fully saturated rings. The minimum absolute atomic E-state index is 0.0723. The molecule has 5 heteroatoms. The summed E-state index contributed by atoms with van der Waals surface area (Å²) < 4.78 is 0. The topological polar surface area (TPSA) is 69.2 Å². The normalized spacial score (nSPS) is 9.83. The maximum Gasteiger partial charge on any atom is 0.310 e. The van der Waals surface area contributed by atoms with Crippen LogP contribution < -0.4 is 5.73 Å². The number of nitro benzene ring substituents is 1. The minimum Gasteiger partial charge on any atom is -0.393 e. The maximum absolute atomic E-state index is 10.4. The summed E-state index contributed by atoms with van der Waals surface area (Å²) in [7, 11) is 0. The number of nitrogen functional groups attached to an aromatic ring is 1. The molecule has 0 bridgehead atoms. The second-order valence-corrected chi connectivity index (χ2v) is 2.79. The van der Waals surface area contributed by atoms with E-state index in [0.29, 0.717) is 5.56 Å². The molecule has 0 unspecified atom stereocenters. The molecule has 0 aliphatic carbocycles. The number of anilines is 1. The van der Waals surface area contributed by atoms with Crippen molar-refractivity contribution in [1.29, 1.82) is 0 Å². The van der Waals surface area contributed by atoms with Gasteiger partial charge in [-0.3, -0.25) is 10.1 Å². The summed E-state index contributed by atoms with van der Waals surface area (Å²) >= 11 is 5.57. The predicted molar refractivity (Wildman–Crippen MR) is 47.3 cm³/mol. The second kappa shape index (κ2) is 2.98. The molecule has 4 nitrogen and oxygen atoms in total. The lowest BCUT2D eigenvalue weighted by Gasteiger charge is -2.01. The van der Waals surface area contributed by atoms with Crippen molar-refractivity contribution in [2.75, 3.05) is 5.73 Å². The molecule has 64 valence electrons. The highest BCUT2D eigenvalue weighted by molar-refractivity contribution is 6.33. The van der Waals surface area contributed by atoms with Crippen molar-refractivity contribution in [2.45, 2.75) is 6.92 Å². The van der Waals surface area contributed by atoms with Crippen molar-refractivity contribution in [3.63, 3.8) is 0 Å². The number of rotatable bonds is 1. The lowest BCUT2D eigenvalue weighted by atomic mass is 10.2. The van der Waals surface area contributed by atoms with E-state index < -0.39 is 4.92 Å². The van der Waals surface area contributed by atoms with Crippen LogP contribution in [0.1, 0.15) is 5.56 Å². The number of halogens is 1. The Bertz CT molecular complexity index is 338. The highest BCUT2D eigenvalue weighted by Crippen LogP contribution is 2.32. The molecule has 0 saturated heterocycles. The molecule has 0 heterocycles. The Kier molecular flexibility index (Phi) is 2.19. The third-order valence-corrected chi connectivity index (χ3v) is 1.87. The highest BCUT2D eigenvalue weighted by Gasteiger charge is 2.17. The summed E-state index contributed by atoms with van der Waals surface area (Å²) in [5.74, 6) is 0. The molecule has 2 N–H and O–H groups in total. The summed E-state index contributed by atoms with van der Waals surface area (Å²) in [6, 6.07) is 3.11. The Balaban J connectivity index is 3.43. The summed E-state index contributed by atoms with van der Waals surface area (Å²) in [4.78, 5) is 9.86. The van der Waals surface area contributed by atoms with Gasteiger partial charge in [0.2, 0.25) is 0 Å². The molecule has 1 rings (SSSR count). The van der Waals surface area contributed by atoms with Crippen LogP contribution in [0.25, 0.3) is 0 Å². The van der Waals surface area contributed by atoms with E-state index in [0.717, 1.165) is 0 Å². The average Bonchev–Trinajstić information content (AvgIpc) is 1.97. The van der Waals surface area contributed by atoms with E-state index in [4.69, 9.17) is 17.3 Å². The second-order valence-electron chi connectivity index (χ2n) is 2.38. The number of nitro groups is 1. The Morgan fingerprint density at radius 3 is 2.58 bits per heavy atom. The molecule has 0 amide bonds. The standard InChI is InChI=1S/C7H7ClN2O2/c1-4-2-3-5(8)7(6(4)9)10(11)12/h2-3H,9H2,1H3. The van der Waals surface area contributed by atoms with E-state index in [9.17, 15) is 10.1 Å². The Morgan fingerprint density at radius 2 is 2.17 bits per heavy atom. The first-order chi connectivity index (χ1) is 5.54. The summed E-state index contributed by atoms with van der Waals surface area (Å²) in [6.07, 6.45) is 0. The first-order valence-electron chi connectivity index (χ1n) is 3.23. The molecule has 0 saturated carbocycles. The molecule has 0 atom stereocenters. The van der Waals surface area contributed by atoms with Gasteiger partial charge in [-0.05, 0) is 18.6 Å². The van der Waals surface area contributed by atoms with Gasteiger partial charge in [-0.25, -0.2) is 0 Å². The van der Waals surface area contributed by atoms with Crippen LogP contribution in [0, 0.1) is 17.0 Å². The smallest absolute Gasteiger partial charge is 0.310 e. The number of nitrogens with zero attached hydrogens (tertiary/aromatic N) is 1. The quantitative estimate of drug-likeness (QED) is 0.415. The number of hydrogen-bond acceptors (Lipinski definition) is 3. The predicted octanol–water partition coefficient (Wildman–Crippen LogP) is 2.14. The van der Waals surface area contributed by atoms with Gasteiger partial charge in [0.25, 0.3) is 0 Å². The molecule has 12 heavy (non-hydrogen) atoms. The largest absolute Gasteiger partial charge is 0.393 e. The van der Waals surface area contributed by atoms with Crippen LogP contribution in [-0.2, 0) is 0 Å². The molecule has 0 spiro atoms. The van der Waals surface area contributed by atoms with Gasteiger partial charge in [-0.1, -0.05) is 17.7 Å². The van der Waals surface area contributed by atoms with Crippen LogP contribution in [0.4, 0.5) is 11.4 Å². The van der Waals surface area contributed by atoms with E-state index in [1.165, 1.54) is 6.07 Å². The fraction of sp³-hybridized carbons (Fsp3) is 0.143.